The lowest BCUT2D eigenvalue weighted by Crippen LogP contribution is -2.29. The highest BCUT2D eigenvalue weighted by Crippen LogP contribution is 2.21. The summed E-state index contributed by atoms with van der Waals surface area (Å²) in [6.07, 6.45) is 0. The SMILES string of the molecule is Cc1ccc(CN(CC(=O)O)c2cccc(Cl)c2)cc1. The summed E-state index contributed by atoms with van der Waals surface area (Å²) in [7, 11) is 0. The molecule has 0 fully saturated rings. The first-order chi connectivity index (χ1) is 9.54. The van der Waals surface area contributed by atoms with Gasteiger partial charge in [0.15, 0.2) is 0 Å². The van der Waals surface area contributed by atoms with Gasteiger partial charge in [-0.3, -0.25) is 4.79 Å². The number of carbonyl (C=O) groups is 1. The summed E-state index contributed by atoms with van der Waals surface area (Å²) in [5.41, 5.74) is 3.05. The van der Waals surface area contributed by atoms with Crippen molar-refractivity contribution in [1.29, 1.82) is 0 Å². The fourth-order valence-electron chi connectivity index (χ4n) is 1.99. The van der Waals surface area contributed by atoms with Crippen molar-refractivity contribution in [2.45, 2.75) is 13.5 Å². The number of rotatable bonds is 5. The van der Waals surface area contributed by atoms with E-state index < -0.39 is 5.97 Å². The minimum atomic E-state index is -0.864. The molecule has 0 aromatic heterocycles. The lowest BCUT2D eigenvalue weighted by molar-refractivity contribution is -0.135. The Labute approximate surface area is 123 Å². The molecule has 2 rings (SSSR count). The molecule has 0 atom stereocenters. The zero-order valence-electron chi connectivity index (χ0n) is 11.2. The molecule has 0 unspecified atom stereocenters. The number of carboxylic acids is 1. The number of carboxylic acid groups (broad SMARTS) is 1. The van der Waals surface area contributed by atoms with Gasteiger partial charge in [-0.2, -0.15) is 0 Å². The average Bonchev–Trinajstić information content (AvgIpc) is 2.40. The molecule has 0 radical (unpaired) electrons. The third-order valence-corrected chi connectivity index (χ3v) is 3.23. The monoisotopic (exact) mass is 289 g/mol. The molecule has 0 bridgehead atoms. The Kier molecular flexibility index (Phi) is 4.64. The second kappa shape index (κ2) is 6.44. The van der Waals surface area contributed by atoms with Crippen molar-refractivity contribution in [3.8, 4) is 0 Å². The van der Waals surface area contributed by atoms with Crippen molar-refractivity contribution in [1.82, 2.24) is 0 Å². The number of benzene rings is 2. The van der Waals surface area contributed by atoms with E-state index in [1.165, 1.54) is 5.56 Å². The fourth-order valence-corrected chi connectivity index (χ4v) is 2.17. The zero-order chi connectivity index (χ0) is 14.5. The Bertz CT molecular complexity index is 596. The largest absolute Gasteiger partial charge is 0.480 e. The molecule has 0 spiro atoms. The van der Waals surface area contributed by atoms with E-state index in [1.807, 2.05) is 43.3 Å². The molecule has 0 aliphatic heterocycles. The summed E-state index contributed by atoms with van der Waals surface area (Å²) in [4.78, 5) is 12.8. The highest BCUT2D eigenvalue weighted by atomic mass is 35.5. The number of aryl methyl sites for hydroxylation is 1. The molecule has 20 heavy (non-hydrogen) atoms. The predicted octanol–water partition coefficient (Wildman–Crippen LogP) is 3.74. The Morgan fingerprint density at radius 2 is 1.90 bits per heavy atom. The van der Waals surface area contributed by atoms with Crippen molar-refractivity contribution in [3.05, 3.63) is 64.7 Å². The van der Waals surface area contributed by atoms with E-state index in [0.717, 1.165) is 11.3 Å². The van der Waals surface area contributed by atoms with Gasteiger partial charge in [0.2, 0.25) is 0 Å². The smallest absolute Gasteiger partial charge is 0.323 e. The number of anilines is 1. The molecule has 0 aliphatic carbocycles. The van der Waals surface area contributed by atoms with Gasteiger partial charge in [0, 0.05) is 17.3 Å². The number of nitrogens with zero attached hydrogens (tertiary/aromatic N) is 1. The van der Waals surface area contributed by atoms with Crippen LogP contribution in [-0.4, -0.2) is 17.6 Å². The number of aliphatic carboxylic acids is 1. The number of hydrogen-bond donors (Lipinski definition) is 1. The molecule has 0 saturated heterocycles. The van der Waals surface area contributed by atoms with Crippen molar-refractivity contribution in [2.75, 3.05) is 11.4 Å². The summed E-state index contributed by atoms with van der Waals surface area (Å²) in [6, 6.07) is 15.3. The van der Waals surface area contributed by atoms with E-state index in [9.17, 15) is 4.79 Å². The van der Waals surface area contributed by atoms with Gasteiger partial charge in [0.05, 0.1) is 0 Å². The van der Waals surface area contributed by atoms with Crippen LogP contribution in [0.25, 0.3) is 0 Å². The molecule has 3 nitrogen and oxygen atoms in total. The minimum Gasteiger partial charge on any atom is -0.480 e. The van der Waals surface area contributed by atoms with Crippen LogP contribution in [0.4, 0.5) is 5.69 Å². The maximum absolute atomic E-state index is 11.0. The van der Waals surface area contributed by atoms with Gasteiger partial charge in [-0.15, -0.1) is 0 Å². The van der Waals surface area contributed by atoms with Crippen LogP contribution in [0, 0.1) is 6.92 Å². The van der Waals surface area contributed by atoms with Gasteiger partial charge in [-0.05, 0) is 30.7 Å². The molecule has 0 saturated carbocycles. The summed E-state index contributed by atoms with van der Waals surface area (Å²) in [5.74, 6) is -0.864. The first-order valence-corrected chi connectivity index (χ1v) is 6.70. The van der Waals surface area contributed by atoms with Crippen LogP contribution in [-0.2, 0) is 11.3 Å². The molecule has 0 aliphatic rings. The topological polar surface area (TPSA) is 40.5 Å². The van der Waals surface area contributed by atoms with Crippen LogP contribution < -0.4 is 4.90 Å². The summed E-state index contributed by atoms with van der Waals surface area (Å²) < 4.78 is 0. The lowest BCUT2D eigenvalue weighted by Gasteiger charge is -2.23. The van der Waals surface area contributed by atoms with Crippen LogP contribution in [0.2, 0.25) is 5.02 Å². The van der Waals surface area contributed by atoms with Crippen LogP contribution in [0.3, 0.4) is 0 Å². The molecular weight excluding hydrogens is 274 g/mol. The van der Waals surface area contributed by atoms with E-state index in [1.54, 1.807) is 17.0 Å². The predicted molar refractivity (Wildman–Crippen MR) is 81.3 cm³/mol. The van der Waals surface area contributed by atoms with Crippen molar-refractivity contribution in [3.63, 3.8) is 0 Å². The van der Waals surface area contributed by atoms with Crippen LogP contribution >= 0.6 is 11.6 Å². The minimum absolute atomic E-state index is 0.0613. The van der Waals surface area contributed by atoms with E-state index >= 15 is 0 Å². The first-order valence-electron chi connectivity index (χ1n) is 6.32. The van der Waals surface area contributed by atoms with Gasteiger partial charge in [0.25, 0.3) is 0 Å². The van der Waals surface area contributed by atoms with Crippen molar-refractivity contribution < 1.29 is 9.90 Å². The second-order valence-electron chi connectivity index (χ2n) is 4.72. The van der Waals surface area contributed by atoms with Crippen molar-refractivity contribution in [2.24, 2.45) is 0 Å². The standard InChI is InChI=1S/C16H16ClNO2/c1-12-5-7-13(8-6-12)10-18(11-16(19)20)15-4-2-3-14(17)9-15/h2-9H,10-11H2,1H3,(H,19,20). The zero-order valence-corrected chi connectivity index (χ0v) is 12.0. The summed E-state index contributed by atoms with van der Waals surface area (Å²) in [6.45, 7) is 2.50. The normalized spacial score (nSPS) is 10.3. The van der Waals surface area contributed by atoms with Gasteiger partial charge in [0.1, 0.15) is 6.54 Å². The maximum Gasteiger partial charge on any atom is 0.323 e. The van der Waals surface area contributed by atoms with E-state index in [0.29, 0.717) is 11.6 Å². The molecule has 2 aromatic carbocycles. The van der Waals surface area contributed by atoms with E-state index in [4.69, 9.17) is 16.7 Å². The maximum atomic E-state index is 11.0. The van der Waals surface area contributed by atoms with Gasteiger partial charge in [-0.1, -0.05) is 47.5 Å². The van der Waals surface area contributed by atoms with Gasteiger partial charge < -0.3 is 10.0 Å². The average molecular weight is 290 g/mol. The van der Waals surface area contributed by atoms with E-state index in [-0.39, 0.29) is 6.54 Å². The number of hydrogen-bond acceptors (Lipinski definition) is 2. The molecule has 104 valence electrons. The van der Waals surface area contributed by atoms with Crippen LogP contribution in [0.1, 0.15) is 11.1 Å². The third-order valence-electron chi connectivity index (χ3n) is 2.99. The molecule has 0 heterocycles. The summed E-state index contributed by atoms with van der Waals surface area (Å²) in [5, 5.41) is 9.66. The Morgan fingerprint density at radius 1 is 1.20 bits per heavy atom. The Hall–Kier alpha value is -2.00. The number of halogens is 1. The Morgan fingerprint density at radius 3 is 2.50 bits per heavy atom. The molecule has 4 heteroatoms. The van der Waals surface area contributed by atoms with Gasteiger partial charge >= 0.3 is 5.97 Å². The first kappa shape index (κ1) is 14.4. The lowest BCUT2D eigenvalue weighted by atomic mass is 10.1. The molecular formula is C16H16ClNO2. The quantitative estimate of drug-likeness (QED) is 0.911. The molecule has 0 amide bonds. The summed E-state index contributed by atoms with van der Waals surface area (Å²) >= 11 is 5.98. The van der Waals surface area contributed by atoms with Crippen LogP contribution in [0.15, 0.2) is 48.5 Å². The molecule has 2 aromatic rings. The third kappa shape index (κ3) is 4.00. The highest BCUT2D eigenvalue weighted by Gasteiger charge is 2.11. The second-order valence-corrected chi connectivity index (χ2v) is 5.15. The van der Waals surface area contributed by atoms with Gasteiger partial charge in [-0.25, -0.2) is 0 Å². The van der Waals surface area contributed by atoms with E-state index in [2.05, 4.69) is 0 Å². The Balaban J connectivity index is 2.23. The van der Waals surface area contributed by atoms with Crippen LogP contribution in [0.5, 0.6) is 0 Å². The molecule has 1 N–H and O–H groups in total. The van der Waals surface area contributed by atoms with Crippen molar-refractivity contribution >= 4 is 23.3 Å². The fraction of sp³-hybridized carbons (Fsp3) is 0.188. The highest BCUT2D eigenvalue weighted by molar-refractivity contribution is 6.30.